The van der Waals surface area contributed by atoms with Crippen LogP contribution in [0.25, 0.3) is 0 Å². The van der Waals surface area contributed by atoms with Gasteiger partial charge in [-0.1, -0.05) is 0 Å². The molecule has 1 fully saturated rings. The molecule has 0 aromatic carbocycles. The maximum atomic E-state index is 6.32. The molecule has 3 rings (SSSR count). The maximum absolute atomic E-state index is 6.32. The van der Waals surface area contributed by atoms with Gasteiger partial charge in [0.25, 0.3) is 0 Å². The number of nitrogens with two attached hydrogens (primary N) is 1. The summed E-state index contributed by atoms with van der Waals surface area (Å²) < 4.78 is 2.39. The lowest BCUT2D eigenvalue weighted by atomic mass is 9.95. The first-order valence-corrected chi connectivity index (χ1v) is 5.52. The highest BCUT2D eigenvalue weighted by atomic mass is 15.2. The summed E-state index contributed by atoms with van der Waals surface area (Å²) in [6.45, 7) is 2.09. The fraction of sp³-hybridized carbons (Fsp3) is 0.727. The van der Waals surface area contributed by atoms with Gasteiger partial charge >= 0.3 is 0 Å². The van der Waals surface area contributed by atoms with Crippen LogP contribution in [0.3, 0.4) is 0 Å². The Morgan fingerprint density at radius 3 is 3.07 bits per heavy atom. The van der Waals surface area contributed by atoms with E-state index in [1.54, 1.807) is 0 Å². The summed E-state index contributed by atoms with van der Waals surface area (Å²) in [6.07, 6.45) is 8.08. The summed E-state index contributed by atoms with van der Waals surface area (Å²) >= 11 is 0. The second-order valence-electron chi connectivity index (χ2n) is 4.81. The maximum Gasteiger partial charge on any atom is 0.106 e. The standard InChI is InChI=1S/C11H17N3/c1-8-13-7-9-3-2-4-10(14(8)9)11(12)5-6-11/h7,10H,2-6,12H2,1H3. The highest BCUT2D eigenvalue weighted by Gasteiger charge is 2.47. The molecule has 1 aliphatic carbocycles. The molecule has 76 valence electrons. The average molecular weight is 191 g/mol. The molecule has 2 aliphatic rings. The second-order valence-corrected chi connectivity index (χ2v) is 4.81. The summed E-state index contributed by atoms with van der Waals surface area (Å²) in [6, 6.07) is 0.522. The Labute approximate surface area is 84.3 Å². The van der Waals surface area contributed by atoms with Crippen molar-refractivity contribution in [2.45, 2.75) is 50.6 Å². The zero-order valence-corrected chi connectivity index (χ0v) is 8.66. The first-order valence-electron chi connectivity index (χ1n) is 5.52. The third kappa shape index (κ3) is 1.05. The molecule has 1 saturated carbocycles. The van der Waals surface area contributed by atoms with Crippen molar-refractivity contribution in [3.05, 3.63) is 17.7 Å². The Balaban J connectivity index is 2.05. The number of nitrogens with zero attached hydrogens (tertiary/aromatic N) is 2. The third-order valence-corrected chi connectivity index (χ3v) is 3.77. The summed E-state index contributed by atoms with van der Waals surface area (Å²) in [5.41, 5.74) is 7.80. The molecule has 0 bridgehead atoms. The molecule has 1 atom stereocenters. The monoisotopic (exact) mass is 191 g/mol. The fourth-order valence-corrected chi connectivity index (χ4v) is 2.74. The molecule has 2 N–H and O–H groups in total. The summed E-state index contributed by atoms with van der Waals surface area (Å²) in [4.78, 5) is 4.40. The Kier molecular flexibility index (Phi) is 1.57. The molecule has 0 spiro atoms. The number of rotatable bonds is 1. The molecule has 1 aliphatic heterocycles. The summed E-state index contributed by atoms with van der Waals surface area (Å²) in [5.74, 6) is 1.14. The number of aromatic nitrogens is 2. The molecular weight excluding hydrogens is 174 g/mol. The van der Waals surface area contributed by atoms with E-state index in [1.165, 1.54) is 37.8 Å². The van der Waals surface area contributed by atoms with Gasteiger partial charge in [-0.25, -0.2) is 4.98 Å². The van der Waals surface area contributed by atoms with E-state index in [2.05, 4.69) is 16.5 Å². The lowest BCUT2D eigenvalue weighted by Crippen LogP contribution is -2.37. The SMILES string of the molecule is Cc1ncc2n1C(C1(N)CC1)CCC2. The molecule has 0 amide bonds. The Morgan fingerprint density at radius 2 is 2.36 bits per heavy atom. The van der Waals surface area contributed by atoms with Gasteiger partial charge in [-0.3, -0.25) is 0 Å². The van der Waals surface area contributed by atoms with E-state index in [9.17, 15) is 0 Å². The van der Waals surface area contributed by atoms with E-state index in [4.69, 9.17) is 5.73 Å². The molecule has 2 heterocycles. The highest BCUT2D eigenvalue weighted by Crippen LogP contribution is 2.47. The van der Waals surface area contributed by atoms with Crippen LogP contribution in [-0.2, 0) is 6.42 Å². The van der Waals surface area contributed by atoms with Gasteiger partial charge in [0, 0.05) is 17.4 Å². The van der Waals surface area contributed by atoms with Crippen LogP contribution in [0, 0.1) is 6.92 Å². The van der Waals surface area contributed by atoms with Crippen LogP contribution in [-0.4, -0.2) is 15.1 Å². The van der Waals surface area contributed by atoms with Gasteiger partial charge in [0.2, 0.25) is 0 Å². The van der Waals surface area contributed by atoms with Crippen molar-refractivity contribution < 1.29 is 0 Å². The topological polar surface area (TPSA) is 43.8 Å². The van der Waals surface area contributed by atoms with Crippen molar-refractivity contribution in [3.8, 4) is 0 Å². The number of imidazole rings is 1. The Morgan fingerprint density at radius 1 is 1.57 bits per heavy atom. The van der Waals surface area contributed by atoms with Gasteiger partial charge in [0.05, 0.1) is 6.04 Å². The smallest absolute Gasteiger partial charge is 0.106 e. The lowest BCUT2D eigenvalue weighted by molar-refractivity contribution is 0.321. The normalized spacial score (nSPS) is 28.6. The molecule has 1 unspecified atom stereocenters. The first kappa shape index (κ1) is 8.48. The Hall–Kier alpha value is -0.830. The summed E-state index contributed by atoms with van der Waals surface area (Å²) in [5, 5.41) is 0. The van der Waals surface area contributed by atoms with Crippen LogP contribution in [0.2, 0.25) is 0 Å². The predicted octanol–water partition coefficient (Wildman–Crippen LogP) is 1.56. The van der Waals surface area contributed by atoms with Crippen LogP contribution < -0.4 is 5.73 Å². The molecule has 3 heteroatoms. The van der Waals surface area contributed by atoms with Gasteiger partial charge < -0.3 is 10.3 Å². The first-order chi connectivity index (χ1) is 6.71. The van der Waals surface area contributed by atoms with Crippen molar-refractivity contribution in [2.75, 3.05) is 0 Å². The van der Waals surface area contributed by atoms with E-state index in [-0.39, 0.29) is 5.54 Å². The minimum atomic E-state index is 0.0978. The molecule has 1 aromatic rings. The number of hydrogen-bond acceptors (Lipinski definition) is 2. The lowest BCUT2D eigenvalue weighted by Gasteiger charge is -2.31. The quantitative estimate of drug-likeness (QED) is 0.732. The molecule has 1 aromatic heterocycles. The number of fused-ring (bicyclic) bond motifs is 1. The van der Waals surface area contributed by atoms with Gasteiger partial charge in [0.1, 0.15) is 5.82 Å². The predicted molar refractivity (Wildman–Crippen MR) is 55.1 cm³/mol. The van der Waals surface area contributed by atoms with Gasteiger partial charge in [-0.05, 0) is 39.0 Å². The molecule has 3 nitrogen and oxygen atoms in total. The van der Waals surface area contributed by atoms with E-state index in [0.29, 0.717) is 6.04 Å². The minimum Gasteiger partial charge on any atom is -0.327 e. The van der Waals surface area contributed by atoms with Crippen LogP contribution in [0.1, 0.15) is 43.2 Å². The van der Waals surface area contributed by atoms with E-state index < -0.39 is 0 Å². The van der Waals surface area contributed by atoms with Crippen LogP contribution >= 0.6 is 0 Å². The highest BCUT2D eigenvalue weighted by molar-refractivity contribution is 5.17. The van der Waals surface area contributed by atoms with Crippen molar-refractivity contribution >= 4 is 0 Å². The second kappa shape index (κ2) is 2.60. The fourth-order valence-electron chi connectivity index (χ4n) is 2.74. The molecule has 0 saturated heterocycles. The number of aryl methyl sites for hydroxylation is 2. The summed E-state index contributed by atoms with van der Waals surface area (Å²) in [7, 11) is 0. The van der Waals surface area contributed by atoms with Crippen LogP contribution in [0.5, 0.6) is 0 Å². The van der Waals surface area contributed by atoms with Gasteiger partial charge in [-0.15, -0.1) is 0 Å². The molecule has 0 radical (unpaired) electrons. The minimum absolute atomic E-state index is 0.0978. The van der Waals surface area contributed by atoms with Gasteiger partial charge in [-0.2, -0.15) is 0 Å². The third-order valence-electron chi connectivity index (χ3n) is 3.77. The average Bonchev–Trinajstić information content (AvgIpc) is 2.83. The van der Waals surface area contributed by atoms with E-state index >= 15 is 0 Å². The van der Waals surface area contributed by atoms with Crippen molar-refractivity contribution in [3.63, 3.8) is 0 Å². The van der Waals surface area contributed by atoms with Crippen LogP contribution in [0.15, 0.2) is 6.20 Å². The van der Waals surface area contributed by atoms with E-state index in [0.717, 1.165) is 5.82 Å². The van der Waals surface area contributed by atoms with Crippen molar-refractivity contribution in [1.82, 2.24) is 9.55 Å². The van der Waals surface area contributed by atoms with Crippen LogP contribution in [0.4, 0.5) is 0 Å². The largest absolute Gasteiger partial charge is 0.327 e. The molecular formula is C11H17N3. The van der Waals surface area contributed by atoms with Crippen molar-refractivity contribution in [2.24, 2.45) is 5.73 Å². The van der Waals surface area contributed by atoms with Gasteiger partial charge in [0.15, 0.2) is 0 Å². The zero-order chi connectivity index (χ0) is 9.76. The number of hydrogen-bond donors (Lipinski definition) is 1. The van der Waals surface area contributed by atoms with E-state index in [1.807, 2.05) is 6.20 Å². The zero-order valence-electron chi connectivity index (χ0n) is 8.66. The Bertz CT molecular complexity index is 363. The van der Waals surface area contributed by atoms with Crippen molar-refractivity contribution in [1.29, 1.82) is 0 Å². The molecule has 14 heavy (non-hydrogen) atoms.